The van der Waals surface area contributed by atoms with Crippen LogP contribution in [0.25, 0.3) is 11.1 Å². The summed E-state index contributed by atoms with van der Waals surface area (Å²) in [5, 5.41) is 14.3. The highest BCUT2D eigenvalue weighted by molar-refractivity contribution is 7.85. The number of carbonyl (C=O) groups is 1. The maximum absolute atomic E-state index is 15.2. The number of amides is 1. The highest BCUT2D eigenvalue weighted by Gasteiger charge is 2.32. The van der Waals surface area contributed by atoms with Crippen LogP contribution in [0.5, 0.6) is 11.5 Å². The molecule has 1 atom stereocenters. The molecular weight excluding hydrogens is 399 g/mol. The molecule has 1 saturated heterocycles. The van der Waals surface area contributed by atoms with Gasteiger partial charge in [0.2, 0.25) is 11.2 Å². The number of anilines is 1. The number of nitrogens with one attached hydrogen (secondary N) is 1. The van der Waals surface area contributed by atoms with E-state index in [1.165, 1.54) is 18.3 Å². The van der Waals surface area contributed by atoms with E-state index < -0.39 is 28.6 Å². The number of hydrogen-bond acceptors (Lipinski definition) is 5. The second-order valence-electron chi connectivity index (χ2n) is 6.38. The fourth-order valence-corrected chi connectivity index (χ4v) is 4.00. The molecule has 8 nitrogen and oxygen atoms in total. The van der Waals surface area contributed by atoms with Gasteiger partial charge in [0.25, 0.3) is 5.91 Å². The van der Waals surface area contributed by atoms with E-state index in [0.717, 1.165) is 15.6 Å². The number of rotatable bonds is 5. The Hall–Kier alpha value is -3.40. The van der Waals surface area contributed by atoms with Gasteiger partial charge in [-0.1, -0.05) is 12.1 Å². The van der Waals surface area contributed by atoms with Gasteiger partial charge in [-0.25, -0.2) is 8.60 Å². The molecule has 1 aromatic heterocycles. The van der Waals surface area contributed by atoms with Crippen LogP contribution in [0.15, 0.2) is 48.8 Å². The van der Waals surface area contributed by atoms with Gasteiger partial charge in [0.15, 0.2) is 5.82 Å². The molecule has 2 N–H and O–H groups in total. The lowest BCUT2D eigenvalue weighted by Crippen LogP contribution is -2.23. The Bertz CT molecular complexity index is 1100. The number of benzene rings is 2. The van der Waals surface area contributed by atoms with Crippen molar-refractivity contribution in [1.82, 2.24) is 14.5 Å². The van der Waals surface area contributed by atoms with Gasteiger partial charge in [0.05, 0.1) is 19.9 Å². The van der Waals surface area contributed by atoms with Gasteiger partial charge in [-0.15, -0.1) is 0 Å². The summed E-state index contributed by atoms with van der Waals surface area (Å²) in [5.74, 6) is -0.943. The normalized spacial score (nSPS) is 16.1. The average Bonchev–Trinajstić information content (AvgIpc) is 3.28. The predicted molar refractivity (Wildman–Crippen MR) is 105 cm³/mol. The molecule has 2 aromatic carbocycles. The van der Waals surface area contributed by atoms with Gasteiger partial charge >= 0.3 is 0 Å². The first-order valence-corrected chi connectivity index (χ1v) is 9.73. The fraction of sp³-hybridized carbons (Fsp3) is 0.158. The maximum atomic E-state index is 15.2. The molecule has 150 valence electrons. The molecule has 0 saturated carbocycles. The highest BCUT2D eigenvalue weighted by atomic mass is 32.2. The molecule has 1 fully saturated rings. The molecule has 1 amide bonds. The summed E-state index contributed by atoms with van der Waals surface area (Å²) in [7, 11) is 1.60. The van der Waals surface area contributed by atoms with Crippen LogP contribution in [0.1, 0.15) is 5.56 Å². The summed E-state index contributed by atoms with van der Waals surface area (Å²) in [5.41, 5.74) is 1.36. The van der Waals surface area contributed by atoms with E-state index in [0.29, 0.717) is 12.1 Å². The van der Waals surface area contributed by atoms with E-state index in [9.17, 15) is 14.1 Å². The van der Waals surface area contributed by atoms with Crippen LogP contribution < -0.4 is 13.8 Å². The number of phenolic OH excluding ortho intramolecular Hbond substituents is 1. The summed E-state index contributed by atoms with van der Waals surface area (Å²) in [6, 6.07) is 10.2. The number of halogens is 1. The number of nitrogens with zero attached hydrogens (tertiary/aromatic N) is 3. The monoisotopic (exact) mass is 416 g/mol. The van der Waals surface area contributed by atoms with Gasteiger partial charge in [0, 0.05) is 17.3 Å². The highest BCUT2D eigenvalue weighted by Crippen LogP contribution is 2.38. The Morgan fingerprint density at radius 2 is 2.03 bits per heavy atom. The maximum Gasteiger partial charge on any atom is 0.253 e. The third-order valence-corrected chi connectivity index (χ3v) is 5.59. The van der Waals surface area contributed by atoms with Crippen LogP contribution in [-0.4, -0.2) is 38.7 Å². The molecule has 0 bridgehead atoms. The molecule has 29 heavy (non-hydrogen) atoms. The van der Waals surface area contributed by atoms with Crippen molar-refractivity contribution in [2.75, 3.05) is 18.0 Å². The first kappa shape index (κ1) is 18.9. The quantitative estimate of drug-likeness (QED) is 0.663. The van der Waals surface area contributed by atoms with E-state index in [2.05, 4.69) is 9.82 Å². The minimum atomic E-state index is -1.95. The lowest BCUT2D eigenvalue weighted by molar-refractivity contribution is -0.117. The van der Waals surface area contributed by atoms with Crippen molar-refractivity contribution < 1.29 is 23.2 Å². The summed E-state index contributed by atoms with van der Waals surface area (Å²) in [4.78, 5) is 11.5. The van der Waals surface area contributed by atoms with Gasteiger partial charge < -0.3 is 9.84 Å². The number of ether oxygens (including phenoxy) is 1. The van der Waals surface area contributed by atoms with Crippen molar-refractivity contribution in [2.24, 2.45) is 0 Å². The summed E-state index contributed by atoms with van der Waals surface area (Å²) in [6.45, 7) is 0.169. The molecule has 4 rings (SSSR count). The van der Waals surface area contributed by atoms with Crippen molar-refractivity contribution in [1.29, 1.82) is 0 Å². The summed E-state index contributed by atoms with van der Waals surface area (Å²) in [6.07, 6.45) is 3.18. The first-order chi connectivity index (χ1) is 14.0. The lowest BCUT2D eigenvalue weighted by Gasteiger charge is -2.17. The lowest BCUT2D eigenvalue weighted by atomic mass is 10.1. The number of hydrogen-bond donors (Lipinski definition) is 2. The third-order valence-electron chi connectivity index (χ3n) is 4.48. The van der Waals surface area contributed by atoms with E-state index in [4.69, 9.17) is 4.74 Å². The molecule has 1 aliphatic rings. The van der Waals surface area contributed by atoms with Crippen molar-refractivity contribution in [2.45, 2.75) is 6.54 Å². The summed E-state index contributed by atoms with van der Waals surface area (Å²) < 4.78 is 37.1. The molecule has 3 aromatic rings. The number of phenols is 1. The standard InChI is InChI=1S/C19H17FN4O4S/c1-28-14-4-2-12(3-5-14)9-23-10-13(8-21-23)15-6-7-16(25)19(18(15)20)24-11-17(26)22-29(24)27/h2-8,10,25H,9,11H2,1H3,(H,22,26). The molecule has 0 aliphatic carbocycles. The van der Waals surface area contributed by atoms with Gasteiger partial charge in [-0.05, 0) is 29.8 Å². The smallest absolute Gasteiger partial charge is 0.253 e. The Labute approximate surface area is 168 Å². The molecule has 0 spiro atoms. The SMILES string of the molecule is COc1ccc(Cn2cc(-c3ccc(O)c(N4CC(=O)NS4=O)c3F)cn2)cc1. The van der Waals surface area contributed by atoms with Crippen molar-refractivity contribution in [3.8, 4) is 22.6 Å². The number of aromatic nitrogens is 2. The number of carbonyl (C=O) groups excluding carboxylic acids is 1. The molecule has 1 aliphatic heterocycles. The Balaban J connectivity index is 1.63. The number of methoxy groups -OCH3 is 1. The van der Waals surface area contributed by atoms with E-state index >= 15 is 4.39 Å². The van der Waals surface area contributed by atoms with Gasteiger partial charge in [-0.2, -0.15) is 5.10 Å². The minimum absolute atomic E-state index is 0.176. The zero-order chi connectivity index (χ0) is 20.5. The summed E-state index contributed by atoms with van der Waals surface area (Å²) >= 11 is -1.95. The van der Waals surface area contributed by atoms with Crippen LogP contribution >= 0.6 is 0 Å². The van der Waals surface area contributed by atoms with Crippen LogP contribution in [-0.2, 0) is 22.5 Å². The van der Waals surface area contributed by atoms with Crippen molar-refractivity contribution in [3.05, 3.63) is 60.2 Å². The van der Waals surface area contributed by atoms with E-state index in [1.54, 1.807) is 18.0 Å². The van der Waals surface area contributed by atoms with Crippen molar-refractivity contribution >= 4 is 22.8 Å². The minimum Gasteiger partial charge on any atom is -0.506 e. The Morgan fingerprint density at radius 3 is 2.69 bits per heavy atom. The average molecular weight is 416 g/mol. The zero-order valence-electron chi connectivity index (χ0n) is 15.3. The third kappa shape index (κ3) is 3.66. The first-order valence-electron chi connectivity index (χ1n) is 8.62. The molecule has 0 radical (unpaired) electrons. The van der Waals surface area contributed by atoms with Crippen LogP contribution in [0.4, 0.5) is 10.1 Å². The largest absolute Gasteiger partial charge is 0.506 e. The van der Waals surface area contributed by atoms with Crippen LogP contribution in [0, 0.1) is 5.82 Å². The second-order valence-corrected chi connectivity index (χ2v) is 7.52. The van der Waals surface area contributed by atoms with E-state index in [1.807, 2.05) is 24.3 Å². The molecular formula is C19H17FN4O4S. The fourth-order valence-electron chi connectivity index (χ4n) is 3.06. The molecule has 10 heteroatoms. The zero-order valence-corrected chi connectivity index (χ0v) is 16.1. The topological polar surface area (TPSA) is 96.7 Å². The Kier molecular flexibility index (Phi) is 4.93. The predicted octanol–water partition coefficient (Wildman–Crippen LogP) is 1.97. The van der Waals surface area contributed by atoms with E-state index in [-0.39, 0.29) is 17.8 Å². The number of aromatic hydroxyl groups is 1. The van der Waals surface area contributed by atoms with Crippen LogP contribution in [0.3, 0.4) is 0 Å². The Morgan fingerprint density at radius 1 is 1.28 bits per heavy atom. The molecule has 1 unspecified atom stereocenters. The molecule has 2 heterocycles. The van der Waals surface area contributed by atoms with Crippen molar-refractivity contribution in [3.63, 3.8) is 0 Å². The van der Waals surface area contributed by atoms with Gasteiger partial charge in [0.1, 0.15) is 23.7 Å². The van der Waals surface area contributed by atoms with Crippen LogP contribution in [0.2, 0.25) is 0 Å². The second kappa shape index (κ2) is 7.55. The van der Waals surface area contributed by atoms with Gasteiger partial charge in [-0.3, -0.25) is 18.5 Å².